The molecule has 2 unspecified atom stereocenters. The average Bonchev–Trinajstić information content (AvgIpc) is 3.04. The maximum Gasteiger partial charge on any atom is 0.252 e. The van der Waals surface area contributed by atoms with Gasteiger partial charge in [0.2, 0.25) is 5.91 Å². The topological polar surface area (TPSA) is 49.4 Å². The van der Waals surface area contributed by atoms with E-state index >= 15 is 0 Å². The first-order valence-electron chi connectivity index (χ1n) is 7.94. The number of carbonyl (C=O) groups is 2. The standard InChI is InChI=1S/C17H26N2O2S/c1-10(2)14-7-19(12(5)20)8-15(14)18-17(21)13-6-16(11(3)4)22-9-13/h6,9-11,14-15H,7-8H2,1-5H3,(H,18,21). The van der Waals surface area contributed by atoms with Crippen molar-refractivity contribution in [1.29, 1.82) is 0 Å². The van der Waals surface area contributed by atoms with E-state index in [1.807, 2.05) is 16.3 Å². The smallest absolute Gasteiger partial charge is 0.252 e. The fourth-order valence-electron chi connectivity index (χ4n) is 2.94. The number of amides is 2. The molecule has 2 rings (SSSR count). The SMILES string of the molecule is CC(=O)N1CC(NC(=O)c2csc(C(C)C)c2)C(C(C)C)C1. The molecule has 1 aliphatic rings. The summed E-state index contributed by atoms with van der Waals surface area (Å²) in [6.45, 7) is 11.5. The Hall–Kier alpha value is -1.36. The molecule has 22 heavy (non-hydrogen) atoms. The van der Waals surface area contributed by atoms with Crippen molar-refractivity contribution in [3.8, 4) is 0 Å². The summed E-state index contributed by atoms with van der Waals surface area (Å²) >= 11 is 1.63. The number of rotatable bonds is 4. The summed E-state index contributed by atoms with van der Waals surface area (Å²) in [4.78, 5) is 27.1. The molecule has 1 saturated heterocycles. The van der Waals surface area contributed by atoms with E-state index in [1.54, 1.807) is 18.3 Å². The van der Waals surface area contributed by atoms with Gasteiger partial charge >= 0.3 is 0 Å². The molecule has 0 bridgehead atoms. The van der Waals surface area contributed by atoms with Gasteiger partial charge in [0.05, 0.1) is 11.6 Å². The van der Waals surface area contributed by atoms with Gasteiger partial charge in [0.15, 0.2) is 0 Å². The van der Waals surface area contributed by atoms with Gasteiger partial charge in [0.25, 0.3) is 5.91 Å². The monoisotopic (exact) mass is 322 g/mol. The largest absolute Gasteiger partial charge is 0.347 e. The van der Waals surface area contributed by atoms with Gasteiger partial charge < -0.3 is 10.2 Å². The van der Waals surface area contributed by atoms with Crippen LogP contribution in [-0.2, 0) is 4.79 Å². The van der Waals surface area contributed by atoms with Crippen LogP contribution in [0, 0.1) is 11.8 Å². The number of thiophene rings is 1. The third-order valence-corrected chi connectivity index (χ3v) is 5.67. The van der Waals surface area contributed by atoms with E-state index in [0.717, 1.165) is 12.1 Å². The maximum absolute atomic E-state index is 12.5. The van der Waals surface area contributed by atoms with Crippen molar-refractivity contribution in [2.45, 2.75) is 46.6 Å². The predicted molar refractivity (Wildman–Crippen MR) is 90.2 cm³/mol. The Labute approximate surface area is 136 Å². The van der Waals surface area contributed by atoms with Crippen molar-refractivity contribution in [2.75, 3.05) is 13.1 Å². The van der Waals surface area contributed by atoms with Crippen LogP contribution in [0.1, 0.15) is 55.8 Å². The first kappa shape index (κ1) is 17.0. The molecule has 1 aliphatic heterocycles. The maximum atomic E-state index is 12.5. The minimum atomic E-state index is -0.0239. The van der Waals surface area contributed by atoms with E-state index in [4.69, 9.17) is 0 Å². The molecule has 4 nitrogen and oxygen atoms in total. The number of likely N-dealkylation sites (tertiary alicyclic amines) is 1. The van der Waals surface area contributed by atoms with E-state index in [1.165, 1.54) is 4.88 Å². The molecule has 0 saturated carbocycles. The second-order valence-electron chi connectivity index (χ2n) is 6.80. The van der Waals surface area contributed by atoms with E-state index in [2.05, 4.69) is 33.0 Å². The molecule has 2 heterocycles. The van der Waals surface area contributed by atoms with Gasteiger partial charge in [0.1, 0.15) is 0 Å². The summed E-state index contributed by atoms with van der Waals surface area (Å²) in [5.41, 5.74) is 0.734. The highest BCUT2D eigenvalue weighted by Crippen LogP contribution is 2.26. The van der Waals surface area contributed by atoms with Crippen molar-refractivity contribution in [3.63, 3.8) is 0 Å². The molecule has 1 fully saturated rings. The Bertz CT molecular complexity index is 551. The van der Waals surface area contributed by atoms with Crippen LogP contribution in [0.4, 0.5) is 0 Å². The predicted octanol–water partition coefficient (Wildman–Crippen LogP) is 3.10. The van der Waals surface area contributed by atoms with Crippen LogP contribution in [0.5, 0.6) is 0 Å². The molecule has 0 aliphatic carbocycles. The number of hydrogen-bond donors (Lipinski definition) is 1. The van der Waals surface area contributed by atoms with Crippen LogP contribution in [-0.4, -0.2) is 35.8 Å². The molecule has 1 aromatic heterocycles. The first-order chi connectivity index (χ1) is 10.3. The summed E-state index contributed by atoms with van der Waals surface area (Å²) in [6, 6.07) is 2.02. The third-order valence-electron chi connectivity index (χ3n) is 4.43. The Kier molecular flexibility index (Phi) is 5.27. The molecule has 1 aromatic rings. The van der Waals surface area contributed by atoms with Crippen molar-refractivity contribution in [2.24, 2.45) is 11.8 Å². The van der Waals surface area contributed by atoms with E-state index < -0.39 is 0 Å². The fourth-order valence-corrected chi connectivity index (χ4v) is 3.85. The van der Waals surface area contributed by atoms with Gasteiger partial charge in [-0.3, -0.25) is 9.59 Å². The van der Waals surface area contributed by atoms with Gasteiger partial charge in [-0.15, -0.1) is 11.3 Å². The molecule has 5 heteroatoms. The molecule has 122 valence electrons. The second kappa shape index (κ2) is 6.82. The van der Waals surface area contributed by atoms with Gasteiger partial charge in [-0.1, -0.05) is 27.7 Å². The van der Waals surface area contributed by atoms with Gasteiger partial charge in [-0.25, -0.2) is 0 Å². The van der Waals surface area contributed by atoms with E-state index in [-0.39, 0.29) is 17.9 Å². The summed E-state index contributed by atoms with van der Waals surface area (Å²) in [5.74, 6) is 1.25. The summed E-state index contributed by atoms with van der Waals surface area (Å²) < 4.78 is 0. The van der Waals surface area contributed by atoms with E-state index in [0.29, 0.717) is 24.3 Å². The average molecular weight is 322 g/mol. The number of hydrogen-bond acceptors (Lipinski definition) is 3. The zero-order chi connectivity index (χ0) is 16.4. The van der Waals surface area contributed by atoms with Crippen LogP contribution >= 0.6 is 11.3 Å². The molecule has 0 spiro atoms. The number of nitrogens with zero attached hydrogens (tertiary/aromatic N) is 1. The van der Waals surface area contributed by atoms with Crippen molar-refractivity contribution < 1.29 is 9.59 Å². The van der Waals surface area contributed by atoms with Crippen LogP contribution in [0.2, 0.25) is 0 Å². The summed E-state index contributed by atoms with van der Waals surface area (Å²) in [5, 5.41) is 5.06. The third kappa shape index (κ3) is 3.69. The summed E-state index contributed by atoms with van der Waals surface area (Å²) in [7, 11) is 0. The Balaban J connectivity index is 2.06. The lowest BCUT2D eigenvalue weighted by Gasteiger charge is -2.22. The molecule has 2 amide bonds. The first-order valence-corrected chi connectivity index (χ1v) is 8.82. The minimum Gasteiger partial charge on any atom is -0.347 e. The lowest BCUT2D eigenvalue weighted by molar-refractivity contribution is -0.128. The Morgan fingerprint density at radius 2 is 1.95 bits per heavy atom. The molecule has 0 radical (unpaired) electrons. The molecular weight excluding hydrogens is 296 g/mol. The molecule has 0 aromatic carbocycles. The Morgan fingerprint density at radius 3 is 2.45 bits per heavy atom. The van der Waals surface area contributed by atoms with Crippen molar-refractivity contribution in [1.82, 2.24) is 10.2 Å². The fraction of sp³-hybridized carbons (Fsp3) is 0.647. The van der Waals surface area contributed by atoms with Crippen LogP contribution in [0.3, 0.4) is 0 Å². The zero-order valence-electron chi connectivity index (χ0n) is 14.1. The highest BCUT2D eigenvalue weighted by Gasteiger charge is 2.36. The normalized spacial score (nSPS) is 21.7. The lowest BCUT2D eigenvalue weighted by Crippen LogP contribution is -2.42. The van der Waals surface area contributed by atoms with Gasteiger partial charge in [-0.05, 0) is 17.9 Å². The highest BCUT2D eigenvalue weighted by atomic mass is 32.1. The number of carbonyl (C=O) groups excluding carboxylic acids is 2. The lowest BCUT2D eigenvalue weighted by atomic mass is 9.91. The van der Waals surface area contributed by atoms with Crippen molar-refractivity contribution in [3.05, 3.63) is 21.9 Å². The second-order valence-corrected chi connectivity index (χ2v) is 7.75. The highest BCUT2D eigenvalue weighted by molar-refractivity contribution is 7.10. The Morgan fingerprint density at radius 1 is 1.27 bits per heavy atom. The molecule has 1 N–H and O–H groups in total. The quantitative estimate of drug-likeness (QED) is 0.926. The number of nitrogens with one attached hydrogen (secondary N) is 1. The van der Waals surface area contributed by atoms with Crippen LogP contribution in [0.25, 0.3) is 0 Å². The zero-order valence-corrected chi connectivity index (χ0v) is 14.9. The van der Waals surface area contributed by atoms with Gasteiger partial charge in [-0.2, -0.15) is 0 Å². The van der Waals surface area contributed by atoms with Crippen LogP contribution < -0.4 is 5.32 Å². The van der Waals surface area contributed by atoms with Crippen LogP contribution in [0.15, 0.2) is 11.4 Å². The molecular formula is C17H26N2O2S. The summed E-state index contributed by atoms with van der Waals surface area (Å²) in [6.07, 6.45) is 0. The van der Waals surface area contributed by atoms with E-state index in [9.17, 15) is 9.59 Å². The van der Waals surface area contributed by atoms with Crippen molar-refractivity contribution >= 4 is 23.2 Å². The minimum absolute atomic E-state index is 0.0239. The molecule has 2 atom stereocenters. The van der Waals surface area contributed by atoms with Gasteiger partial charge in [0, 0.05) is 36.2 Å².